The van der Waals surface area contributed by atoms with Gasteiger partial charge in [0.25, 0.3) is 0 Å². The molecule has 0 aliphatic rings. The van der Waals surface area contributed by atoms with E-state index in [0.717, 1.165) is 18.6 Å². The first-order valence-corrected chi connectivity index (χ1v) is 9.82. The molecule has 0 aliphatic carbocycles. The third kappa shape index (κ3) is 6.16. The van der Waals surface area contributed by atoms with Crippen LogP contribution in [-0.2, 0) is 0 Å². The summed E-state index contributed by atoms with van der Waals surface area (Å²) in [5, 5.41) is 21.5. The molecule has 1 heterocycles. The second-order valence-electron chi connectivity index (χ2n) is 6.63. The first-order chi connectivity index (χ1) is 14.7. The zero-order valence-electron chi connectivity index (χ0n) is 16.8. The minimum absolute atomic E-state index is 0.0658. The van der Waals surface area contributed by atoms with Gasteiger partial charge < -0.3 is 14.6 Å². The summed E-state index contributed by atoms with van der Waals surface area (Å²) < 4.78 is 12.4. The van der Waals surface area contributed by atoms with Crippen LogP contribution in [0.4, 0.5) is 0 Å². The quantitative estimate of drug-likeness (QED) is 0.235. The zero-order chi connectivity index (χ0) is 21.2. The maximum Gasteiger partial charge on any atom is 0.343 e. The largest absolute Gasteiger partial charge is 0.507 e. The third-order valence-electron chi connectivity index (χ3n) is 4.31. The molecule has 0 atom stereocenters. The number of ether oxygens (including phenoxy) is 2. The predicted octanol–water partition coefficient (Wildman–Crippen LogP) is 4.04. The van der Waals surface area contributed by atoms with E-state index in [9.17, 15) is 9.90 Å². The molecule has 30 heavy (non-hydrogen) atoms. The molecule has 8 heteroatoms. The maximum absolute atomic E-state index is 12.3. The number of benzene rings is 2. The topological polar surface area (TPSA) is 98.8 Å². The first-order valence-electron chi connectivity index (χ1n) is 9.82. The molecule has 0 spiro atoms. The molecular weight excluding hydrogens is 384 g/mol. The minimum Gasteiger partial charge on any atom is -0.507 e. The minimum atomic E-state index is -0.519. The van der Waals surface area contributed by atoms with Crippen molar-refractivity contribution in [3.05, 3.63) is 66.2 Å². The van der Waals surface area contributed by atoms with E-state index in [1.54, 1.807) is 36.4 Å². The number of carbonyl (C=O) groups excluding carboxylic acids is 1. The number of nitrogens with zero attached hydrogens (tertiary/aromatic N) is 4. The Morgan fingerprint density at radius 2 is 1.80 bits per heavy atom. The van der Waals surface area contributed by atoms with E-state index in [2.05, 4.69) is 22.2 Å². The van der Waals surface area contributed by atoms with E-state index in [-0.39, 0.29) is 11.5 Å². The lowest BCUT2D eigenvalue weighted by Crippen LogP contribution is -2.08. The van der Waals surface area contributed by atoms with Crippen molar-refractivity contribution in [3.8, 4) is 17.2 Å². The summed E-state index contributed by atoms with van der Waals surface area (Å²) in [5.74, 6) is 0.367. The molecule has 1 aromatic heterocycles. The highest BCUT2D eigenvalue weighted by atomic mass is 16.5. The number of phenolic OH excluding ortho intramolecular Hbond substituents is 1. The molecule has 0 saturated carbocycles. The second kappa shape index (κ2) is 10.8. The summed E-state index contributed by atoms with van der Waals surface area (Å²) in [4.78, 5) is 12.3. The van der Waals surface area contributed by atoms with Gasteiger partial charge in [-0.15, -0.1) is 10.2 Å². The summed E-state index contributed by atoms with van der Waals surface area (Å²) in [7, 11) is 0. The number of hydrogen-bond acceptors (Lipinski definition) is 7. The van der Waals surface area contributed by atoms with Gasteiger partial charge in [-0.05, 0) is 42.8 Å². The van der Waals surface area contributed by atoms with Gasteiger partial charge in [-0.2, -0.15) is 5.10 Å². The van der Waals surface area contributed by atoms with Crippen molar-refractivity contribution in [1.82, 2.24) is 14.9 Å². The number of rotatable bonds is 10. The van der Waals surface area contributed by atoms with Gasteiger partial charge in [-0.1, -0.05) is 26.2 Å². The lowest BCUT2D eigenvalue weighted by atomic mass is 10.2. The van der Waals surface area contributed by atoms with Gasteiger partial charge in [0.05, 0.1) is 18.4 Å². The second-order valence-corrected chi connectivity index (χ2v) is 6.63. The molecular formula is C22H24N4O4. The predicted molar refractivity (Wildman–Crippen MR) is 112 cm³/mol. The number of esters is 1. The molecule has 3 aromatic rings. The Kier molecular flexibility index (Phi) is 7.54. The van der Waals surface area contributed by atoms with Gasteiger partial charge in [0.1, 0.15) is 29.9 Å². The Hall–Kier alpha value is -3.68. The molecule has 0 aliphatic heterocycles. The van der Waals surface area contributed by atoms with Crippen LogP contribution in [0.15, 0.2) is 60.2 Å². The van der Waals surface area contributed by atoms with E-state index in [4.69, 9.17) is 9.47 Å². The summed E-state index contributed by atoms with van der Waals surface area (Å²) in [6.45, 7) is 2.83. The zero-order valence-corrected chi connectivity index (χ0v) is 16.8. The molecule has 3 rings (SSSR count). The average molecular weight is 408 g/mol. The third-order valence-corrected chi connectivity index (χ3v) is 4.31. The first kappa shape index (κ1) is 21.0. The summed E-state index contributed by atoms with van der Waals surface area (Å²) >= 11 is 0. The highest BCUT2D eigenvalue weighted by Gasteiger charge is 2.10. The Bertz CT molecular complexity index is 969. The molecule has 0 bridgehead atoms. The fraction of sp³-hybridized carbons (Fsp3) is 0.273. The van der Waals surface area contributed by atoms with E-state index >= 15 is 0 Å². The van der Waals surface area contributed by atoms with Crippen LogP contribution in [0.2, 0.25) is 0 Å². The number of phenols is 1. The standard InChI is InChI=1S/C22H24N4O4/c1-2-3-4-5-12-29-19-9-6-17(7-10-19)22(28)30-20-11-8-18(21(27)13-20)14-25-26-15-23-24-16-26/h6-11,13-16,27H,2-5,12H2,1H3/b25-14+. The lowest BCUT2D eigenvalue weighted by Gasteiger charge is -2.08. The van der Waals surface area contributed by atoms with E-state index in [1.165, 1.54) is 42.5 Å². The van der Waals surface area contributed by atoms with Crippen LogP contribution < -0.4 is 9.47 Å². The maximum atomic E-state index is 12.3. The van der Waals surface area contributed by atoms with Crippen molar-refractivity contribution in [2.75, 3.05) is 6.61 Å². The van der Waals surface area contributed by atoms with Crippen LogP contribution in [0, 0.1) is 0 Å². The van der Waals surface area contributed by atoms with Gasteiger partial charge in [0.2, 0.25) is 0 Å². The van der Waals surface area contributed by atoms with Gasteiger partial charge >= 0.3 is 5.97 Å². The molecule has 0 radical (unpaired) electrons. The van der Waals surface area contributed by atoms with Crippen LogP contribution in [0.25, 0.3) is 0 Å². The van der Waals surface area contributed by atoms with Gasteiger partial charge in [0, 0.05) is 11.6 Å². The van der Waals surface area contributed by atoms with E-state index in [1.807, 2.05) is 0 Å². The van der Waals surface area contributed by atoms with Crippen molar-refractivity contribution >= 4 is 12.2 Å². The normalized spacial score (nSPS) is 11.0. The van der Waals surface area contributed by atoms with Crippen LogP contribution >= 0.6 is 0 Å². The lowest BCUT2D eigenvalue weighted by molar-refractivity contribution is 0.0734. The molecule has 156 valence electrons. The highest BCUT2D eigenvalue weighted by Crippen LogP contribution is 2.23. The smallest absolute Gasteiger partial charge is 0.343 e. The average Bonchev–Trinajstić information content (AvgIpc) is 3.27. The monoisotopic (exact) mass is 408 g/mol. The molecule has 2 aromatic carbocycles. The molecule has 1 N–H and O–H groups in total. The Balaban J connectivity index is 1.54. The van der Waals surface area contributed by atoms with Crippen LogP contribution in [0.1, 0.15) is 48.5 Å². The molecule has 0 amide bonds. The number of unbranched alkanes of at least 4 members (excludes halogenated alkanes) is 3. The molecule has 0 saturated heterocycles. The molecule has 8 nitrogen and oxygen atoms in total. The van der Waals surface area contributed by atoms with Crippen LogP contribution in [-0.4, -0.2) is 38.8 Å². The Labute approximate surface area is 174 Å². The summed E-state index contributed by atoms with van der Waals surface area (Å²) in [5.41, 5.74) is 0.856. The van der Waals surface area contributed by atoms with Crippen LogP contribution in [0.5, 0.6) is 17.2 Å². The van der Waals surface area contributed by atoms with Crippen LogP contribution in [0.3, 0.4) is 0 Å². The van der Waals surface area contributed by atoms with Crippen molar-refractivity contribution in [2.45, 2.75) is 32.6 Å². The van der Waals surface area contributed by atoms with Crippen molar-refractivity contribution < 1.29 is 19.4 Å². The van der Waals surface area contributed by atoms with Crippen molar-refractivity contribution in [1.29, 1.82) is 0 Å². The Morgan fingerprint density at radius 1 is 1.07 bits per heavy atom. The summed E-state index contributed by atoms with van der Waals surface area (Å²) in [6.07, 6.45) is 8.86. The van der Waals surface area contributed by atoms with E-state index < -0.39 is 5.97 Å². The van der Waals surface area contributed by atoms with Gasteiger partial charge in [0.15, 0.2) is 0 Å². The molecule has 0 fully saturated rings. The number of hydrogen-bond donors (Lipinski definition) is 1. The highest BCUT2D eigenvalue weighted by molar-refractivity contribution is 5.91. The van der Waals surface area contributed by atoms with Gasteiger partial charge in [-0.3, -0.25) is 0 Å². The SMILES string of the molecule is CCCCCCOc1ccc(C(=O)Oc2ccc(/C=N/n3cnnc3)c(O)c2)cc1. The van der Waals surface area contributed by atoms with Crippen molar-refractivity contribution in [3.63, 3.8) is 0 Å². The number of aromatic hydroxyl groups is 1. The molecule has 0 unspecified atom stereocenters. The fourth-order valence-corrected chi connectivity index (χ4v) is 2.65. The van der Waals surface area contributed by atoms with Crippen molar-refractivity contribution in [2.24, 2.45) is 5.10 Å². The summed E-state index contributed by atoms with van der Waals surface area (Å²) in [6, 6.07) is 11.4. The number of aromatic nitrogens is 3. The van der Waals surface area contributed by atoms with E-state index in [0.29, 0.717) is 17.7 Å². The van der Waals surface area contributed by atoms with Gasteiger partial charge in [-0.25, -0.2) is 9.47 Å². The number of carbonyl (C=O) groups is 1. The Morgan fingerprint density at radius 3 is 2.50 bits per heavy atom. The fourth-order valence-electron chi connectivity index (χ4n) is 2.65.